The van der Waals surface area contributed by atoms with Crippen molar-refractivity contribution in [1.82, 2.24) is 19.7 Å². The molecule has 8 nitrogen and oxygen atoms in total. The van der Waals surface area contributed by atoms with Crippen LogP contribution in [0.3, 0.4) is 0 Å². The predicted octanol–water partition coefficient (Wildman–Crippen LogP) is -5.25. The van der Waals surface area contributed by atoms with E-state index >= 15 is 0 Å². The molecule has 2 aromatic heterocycles. The number of nitrogens with two attached hydrogens (primary N) is 1. The summed E-state index contributed by atoms with van der Waals surface area (Å²) in [5.74, 6) is 0.374. The van der Waals surface area contributed by atoms with Crippen LogP contribution in [0.25, 0.3) is 17.0 Å². The molecule has 1 aliphatic carbocycles. The summed E-state index contributed by atoms with van der Waals surface area (Å²) in [5, 5.41) is 14.2. The van der Waals surface area contributed by atoms with E-state index in [1.54, 1.807) is 20.4 Å². The van der Waals surface area contributed by atoms with Gasteiger partial charge in [0.05, 0.1) is 61.5 Å². The first-order valence-electron chi connectivity index (χ1n) is 12.0. The Morgan fingerprint density at radius 1 is 1.06 bits per heavy atom. The highest BCUT2D eigenvalue weighted by Crippen LogP contribution is 2.79. The maximum Gasteiger partial charge on any atom is 0.161 e. The van der Waals surface area contributed by atoms with Gasteiger partial charge in [-0.15, -0.1) is 0 Å². The van der Waals surface area contributed by atoms with Gasteiger partial charge in [0.15, 0.2) is 6.29 Å². The van der Waals surface area contributed by atoms with Crippen molar-refractivity contribution in [2.24, 2.45) is 0 Å². The number of anilines is 1. The van der Waals surface area contributed by atoms with Crippen LogP contribution in [-0.2, 0) is 15.9 Å². The van der Waals surface area contributed by atoms with Crippen LogP contribution in [0.1, 0.15) is 12.0 Å². The lowest BCUT2D eigenvalue weighted by Crippen LogP contribution is -2.39. The zero-order valence-electron chi connectivity index (χ0n) is 22.9. The van der Waals surface area contributed by atoms with Crippen molar-refractivity contribution in [1.29, 1.82) is 5.26 Å². The van der Waals surface area contributed by atoms with E-state index in [2.05, 4.69) is 78.8 Å². The molecule has 174 valence electrons. The lowest BCUT2D eigenvalue weighted by molar-refractivity contribution is -0.100. The minimum Gasteiger partial charge on any atom is -0.383 e. The summed E-state index contributed by atoms with van der Waals surface area (Å²) in [6, 6.07) is 2.39. The summed E-state index contributed by atoms with van der Waals surface area (Å²) in [6.07, 6.45) is 5.33. The molecule has 16 heteroatoms. The molecule has 3 rings (SSSR count). The van der Waals surface area contributed by atoms with Crippen molar-refractivity contribution < 1.29 is 9.47 Å². The standard InChI is InChI=1S/C19H32B8N6O2/c1-34-12(35-2)5-10-13(30-8-31-15(10)29)9-6-32-33(7-9)11(3-4-28)14-16(20,21)18(24,25)19(26,27)17(14,22)23/h6-8,12H,3,5,20-27H2,1-2H3,(H2,29,30,31). The summed E-state index contributed by atoms with van der Waals surface area (Å²) in [4.78, 5) is 8.68. The summed E-state index contributed by atoms with van der Waals surface area (Å²) in [5.41, 5.74) is 10.6. The molecule has 0 aromatic carbocycles. The van der Waals surface area contributed by atoms with Gasteiger partial charge in [-0.3, -0.25) is 0 Å². The largest absolute Gasteiger partial charge is 0.383 e. The number of ether oxygens (including phenoxy) is 2. The number of nitrogens with zero attached hydrogens (tertiary/aromatic N) is 5. The molecule has 0 unspecified atom stereocenters. The number of allylic oxidation sites excluding steroid dienone is 2. The molecule has 0 amide bonds. The van der Waals surface area contributed by atoms with E-state index in [0.717, 1.165) is 16.8 Å². The second-order valence-electron chi connectivity index (χ2n) is 11.5. The Hall–Kier alpha value is -2.24. The van der Waals surface area contributed by atoms with Gasteiger partial charge in [0, 0.05) is 38.0 Å². The van der Waals surface area contributed by atoms with E-state index in [1.165, 1.54) is 11.9 Å². The SMILES string of the molecule is BC1(B)C(=C(CC#N)n2cc(-c3ncnc(N)c3CC(OC)OC)cn2)C(B)(B)C(B)(B)C1(B)B. The Morgan fingerprint density at radius 2 is 1.63 bits per heavy atom. The zero-order valence-corrected chi connectivity index (χ0v) is 22.9. The summed E-state index contributed by atoms with van der Waals surface area (Å²) < 4.78 is 12.6. The van der Waals surface area contributed by atoms with Crippen molar-refractivity contribution in [2.45, 2.75) is 40.0 Å². The van der Waals surface area contributed by atoms with Crippen molar-refractivity contribution >= 4 is 74.3 Å². The van der Waals surface area contributed by atoms with Crippen LogP contribution in [0.4, 0.5) is 5.82 Å². The third kappa shape index (κ3) is 4.11. The number of methoxy groups -OCH3 is 2. The van der Waals surface area contributed by atoms with Crippen molar-refractivity contribution in [3.63, 3.8) is 0 Å². The van der Waals surface area contributed by atoms with Crippen LogP contribution in [0, 0.1) is 11.3 Å². The Morgan fingerprint density at radius 3 is 2.14 bits per heavy atom. The zero-order chi connectivity index (χ0) is 26.4. The van der Waals surface area contributed by atoms with E-state index in [9.17, 15) is 5.26 Å². The predicted molar refractivity (Wildman–Crippen MR) is 162 cm³/mol. The van der Waals surface area contributed by atoms with Gasteiger partial charge in [-0.05, 0) is 0 Å². The summed E-state index contributed by atoms with van der Waals surface area (Å²) in [6.45, 7) is 0. The molecule has 2 N–H and O–H groups in total. The summed E-state index contributed by atoms with van der Waals surface area (Å²) in [7, 11) is 21.7. The minimum absolute atomic E-state index is 0.0148. The average Bonchev–Trinajstić information content (AvgIpc) is 3.28. The lowest BCUT2D eigenvalue weighted by atomic mass is 9.17. The Bertz CT molecular complexity index is 1160. The first kappa shape index (κ1) is 27.3. The van der Waals surface area contributed by atoms with E-state index in [4.69, 9.17) is 20.3 Å². The number of hydrogen-bond acceptors (Lipinski definition) is 7. The van der Waals surface area contributed by atoms with Crippen molar-refractivity contribution in [3.8, 4) is 17.3 Å². The maximum atomic E-state index is 9.83. The van der Waals surface area contributed by atoms with Crippen LogP contribution in [-0.4, -0.2) is 103 Å². The van der Waals surface area contributed by atoms with Gasteiger partial charge in [-0.2, -0.15) is 10.4 Å². The van der Waals surface area contributed by atoms with Gasteiger partial charge in [0.1, 0.15) is 43.5 Å². The second-order valence-corrected chi connectivity index (χ2v) is 11.5. The molecule has 0 bridgehead atoms. The lowest BCUT2D eigenvalue weighted by Gasteiger charge is -2.48. The topological polar surface area (TPSA) is 112 Å². The molecule has 35 heavy (non-hydrogen) atoms. The van der Waals surface area contributed by atoms with Gasteiger partial charge in [0.2, 0.25) is 0 Å². The fourth-order valence-electron chi connectivity index (χ4n) is 5.95. The van der Waals surface area contributed by atoms with Gasteiger partial charge >= 0.3 is 0 Å². The molecule has 1 fully saturated rings. The quantitative estimate of drug-likeness (QED) is 0.323. The first-order valence-corrected chi connectivity index (χ1v) is 12.0. The minimum atomic E-state index is -0.474. The number of aromatic nitrogens is 4. The number of nitriles is 1. The Labute approximate surface area is 215 Å². The van der Waals surface area contributed by atoms with Gasteiger partial charge in [-0.1, -0.05) is 26.4 Å². The molecule has 0 saturated heterocycles. The van der Waals surface area contributed by atoms with Gasteiger partial charge in [0.25, 0.3) is 0 Å². The van der Waals surface area contributed by atoms with Crippen LogP contribution in [0.2, 0.25) is 20.9 Å². The third-order valence-corrected chi connectivity index (χ3v) is 9.48. The Balaban J connectivity index is 2.21. The molecule has 0 radical (unpaired) electrons. The van der Waals surface area contributed by atoms with Crippen LogP contribution >= 0.6 is 0 Å². The molecule has 0 spiro atoms. The highest BCUT2D eigenvalue weighted by molar-refractivity contribution is 6.70. The molecule has 0 atom stereocenters. The normalized spacial score (nSPS) is 19.4. The van der Waals surface area contributed by atoms with Crippen LogP contribution < -0.4 is 5.73 Å². The maximum absolute atomic E-state index is 9.83. The summed E-state index contributed by atoms with van der Waals surface area (Å²) >= 11 is 0. The van der Waals surface area contributed by atoms with E-state index in [-0.39, 0.29) is 27.3 Å². The fourth-order valence-corrected chi connectivity index (χ4v) is 5.95. The van der Waals surface area contributed by atoms with Crippen molar-refractivity contribution in [3.05, 3.63) is 29.9 Å². The molecule has 2 heterocycles. The molecular weight excluding hydrogens is 431 g/mol. The third-order valence-electron chi connectivity index (χ3n) is 9.48. The average molecular weight is 463 g/mol. The fraction of sp³-hybridized carbons (Fsp3) is 0.474. The monoisotopic (exact) mass is 464 g/mol. The number of rotatable bonds is 7. The highest BCUT2D eigenvalue weighted by atomic mass is 16.7. The second kappa shape index (κ2) is 9.33. The number of nitrogen functional groups attached to an aromatic ring is 1. The van der Waals surface area contributed by atoms with Crippen molar-refractivity contribution in [2.75, 3.05) is 20.0 Å². The van der Waals surface area contributed by atoms with Crippen LogP contribution in [0.15, 0.2) is 24.3 Å². The smallest absolute Gasteiger partial charge is 0.161 e. The first-order chi connectivity index (χ1) is 16.2. The Kier molecular flexibility index (Phi) is 7.29. The van der Waals surface area contributed by atoms with E-state index < -0.39 is 6.29 Å². The molecule has 1 saturated carbocycles. The molecule has 1 aliphatic rings. The molecule has 2 aromatic rings. The molecule has 0 aliphatic heterocycles. The van der Waals surface area contributed by atoms with E-state index in [0.29, 0.717) is 17.9 Å². The van der Waals surface area contributed by atoms with Crippen LogP contribution in [0.5, 0.6) is 0 Å². The van der Waals surface area contributed by atoms with Gasteiger partial charge in [-0.25, -0.2) is 14.6 Å². The van der Waals surface area contributed by atoms with Gasteiger partial charge < -0.3 is 15.2 Å². The highest BCUT2D eigenvalue weighted by Gasteiger charge is 2.64. The molecular formula is C19H32B8N6O2. The van der Waals surface area contributed by atoms with E-state index in [1.807, 2.05) is 10.9 Å². The number of hydrogen-bond donors (Lipinski definition) is 1.